The van der Waals surface area contributed by atoms with Crippen LogP contribution >= 0.6 is 11.6 Å². The van der Waals surface area contributed by atoms with Crippen LogP contribution in [-0.4, -0.2) is 35.5 Å². The molecule has 4 nitrogen and oxygen atoms in total. The number of aromatic amines is 1. The molecule has 0 spiro atoms. The molecule has 2 aliphatic rings. The van der Waals surface area contributed by atoms with E-state index in [0.29, 0.717) is 10.9 Å². The van der Waals surface area contributed by atoms with E-state index < -0.39 is 0 Å². The molecule has 0 bridgehead atoms. The van der Waals surface area contributed by atoms with Gasteiger partial charge in [-0.1, -0.05) is 35.9 Å². The van der Waals surface area contributed by atoms with E-state index in [9.17, 15) is 4.79 Å². The molecule has 0 saturated carbocycles. The fourth-order valence-electron chi connectivity index (χ4n) is 4.40. The minimum Gasteiger partial charge on any atom is -0.493 e. The minimum atomic E-state index is 0.0940. The number of halogens is 1. The number of H-pyrrole nitrogens is 1. The SMILES string of the molecule is O=C(c1c[nH]c2cc(Cl)ccc12)N1CCC(c2cccc3c2OCC3)CC1. The molecular formula is C22H21ClN2O2. The highest BCUT2D eigenvalue weighted by Gasteiger charge is 2.29. The summed E-state index contributed by atoms with van der Waals surface area (Å²) in [5.41, 5.74) is 4.27. The zero-order valence-electron chi connectivity index (χ0n) is 15.0. The fraction of sp³-hybridized carbons (Fsp3) is 0.318. The van der Waals surface area contributed by atoms with Crippen molar-refractivity contribution in [3.63, 3.8) is 0 Å². The van der Waals surface area contributed by atoms with Crippen LogP contribution in [0.4, 0.5) is 0 Å². The van der Waals surface area contributed by atoms with Gasteiger partial charge in [0.1, 0.15) is 5.75 Å². The van der Waals surface area contributed by atoms with Crippen molar-refractivity contribution in [2.45, 2.75) is 25.2 Å². The minimum absolute atomic E-state index is 0.0940. The molecule has 0 radical (unpaired) electrons. The van der Waals surface area contributed by atoms with Gasteiger partial charge in [-0.2, -0.15) is 0 Å². The number of fused-ring (bicyclic) bond motifs is 2. The summed E-state index contributed by atoms with van der Waals surface area (Å²) in [5, 5.41) is 1.60. The molecule has 0 unspecified atom stereocenters. The van der Waals surface area contributed by atoms with Crippen LogP contribution in [0.25, 0.3) is 10.9 Å². The van der Waals surface area contributed by atoms with Gasteiger partial charge in [0.05, 0.1) is 12.2 Å². The Hall–Kier alpha value is -2.46. The van der Waals surface area contributed by atoms with E-state index in [1.165, 1.54) is 11.1 Å². The molecule has 2 aromatic carbocycles. The largest absolute Gasteiger partial charge is 0.493 e. The molecule has 0 aliphatic carbocycles. The molecule has 2 aliphatic heterocycles. The fourth-order valence-corrected chi connectivity index (χ4v) is 4.57. The second-order valence-electron chi connectivity index (χ2n) is 7.39. The Kier molecular flexibility index (Phi) is 4.09. The van der Waals surface area contributed by atoms with E-state index in [2.05, 4.69) is 23.2 Å². The van der Waals surface area contributed by atoms with Crippen molar-refractivity contribution in [2.75, 3.05) is 19.7 Å². The maximum absolute atomic E-state index is 13.0. The van der Waals surface area contributed by atoms with Crippen molar-refractivity contribution in [2.24, 2.45) is 0 Å². The van der Waals surface area contributed by atoms with Crippen LogP contribution in [0.3, 0.4) is 0 Å². The molecule has 138 valence electrons. The summed E-state index contributed by atoms with van der Waals surface area (Å²) >= 11 is 6.05. The van der Waals surface area contributed by atoms with Gasteiger partial charge < -0.3 is 14.6 Å². The third kappa shape index (κ3) is 2.88. The van der Waals surface area contributed by atoms with Crippen LogP contribution in [0.15, 0.2) is 42.6 Å². The Morgan fingerprint density at radius 1 is 1.19 bits per heavy atom. The maximum Gasteiger partial charge on any atom is 0.256 e. The van der Waals surface area contributed by atoms with Crippen molar-refractivity contribution >= 4 is 28.4 Å². The first-order chi connectivity index (χ1) is 13.2. The first kappa shape index (κ1) is 16.7. The highest BCUT2D eigenvalue weighted by molar-refractivity contribution is 6.31. The summed E-state index contributed by atoms with van der Waals surface area (Å²) in [7, 11) is 0. The van der Waals surface area contributed by atoms with E-state index in [0.717, 1.165) is 61.2 Å². The number of para-hydroxylation sites is 1. The summed E-state index contributed by atoms with van der Waals surface area (Å²) in [6.45, 7) is 2.33. The van der Waals surface area contributed by atoms with Crippen LogP contribution in [0.1, 0.15) is 40.2 Å². The van der Waals surface area contributed by atoms with Crippen LogP contribution < -0.4 is 4.74 Å². The van der Waals surface area contributed by atoms with Crippen molar-refractivity contribution in [1.82, 2.24) is 9.88 Å². The molecule has 27 heavy (non-hydrogen) atoms. The standard InChI is InChI=1S/C22H21ClN2O2/c23-16-4-5-18-19(13-24-20(18)12-16)22(26)25-9-6-14(7-10-25)17-3-1-2-15-8-11-27-21(15)17/h1-5,12-14,24H,6-11H2. The lowest BCUT2D eigenvalue weighted by atomic mass is 9.87. The van der Waals surface area contributed by atoms with Gasteiger partial charge in [-0.3, -0.25) is 4.79 Å². The number of amides is 1. The topological polar surface area (TPSA) is 45.3 Å². The van der Waals surface area contributed by atoms with E-state index >= 15 is 0 Å². The molecule has 1 fully saturated rings. The molecular weight excluding hydrogens is 360 g/mol. The van der Waals surface area contributed by atoms with Crippen molar-refractivity contribution in [3.8, 4) is 5.75 Å². The number of piperidine rings is 1. The van der Waals surface area contributed by atoms with Gasteiger partial charge in [-0.25, -0.2) is 0 Å². The smallest absolute Gasteiger partial charge is 0.256 e. The van der Waals surface area contributed by atoms with Gasteiger partial charge >= 0.3 is 0 Å². The normalized spacial score (nSPS) is 17.1. The Labute approximate surface area is 163 Å². The number of aromatic nitrogens is 1. The zero-order valence-corrected chi connectivity index (χ0v) is 15.8. The van der Waals surface area contributed by atoms with Crippen LogP contribution in [0, 0.1) is 0 Å². The van der Waals surface area contributed by atoms with Gasteiger partial charge in [0.15, 0.2) is 0 Å². The Morgan fingerprint density at radius 2 is 2.04 bits per heavy atom. The third-order valence-corrected chi connectivity index (χ3v) is 6.08. The summed E-state index contributed by atoms with van der Waals surface area (Å²) < 4.78 is 5.88. The second-order valence-corrected chi connectivity index (χ2v) is 7.83. The zero-order chi connectivity index (χ0) is 18.4. The molecule has 0 atom stereocenters. The average molecular weight is 381 g/mol. The Balaban J connectivity index is 1.33. The number of hydrogen-bond donors (Lipinski definition) is 1. The summed E-state index contributed by atoms with van der Waals surface area (Å²) in [6, 6.07) is 12.1. The van der Waals surface area contributed by atoms with E-state index in [1.54, 1.807) is 6.20 Å². The first-order valence-electron chi connectivity index (χ1n) is 9.51. The summed E-state index contributed by atoms with van der Waals surface area (Å²) in [6.07, 6.45) is 4.75. The van der Waals surface area contributed by atoms with Crippen molar-refractivity contribution < 1.29 is 9.53 Å². The van der Waals surface area contributed by atoms with Crippen molar-refractivity contribution in [3.05, 3.63) is 64.3 Å². The number of carbonyl (C=O) groups excluding carboxylic acids is 1. The summed E-state index contributed by atoms with van der Waals surface area (Å²) in [5.74, 6) is 1.65. The van der Waals surface area contributed by atoms with Gasteiger partial charge in [0.2, 0.25) is 0 Å². The molecule has 1 amide bonds. The maximum atomic E-state index is 13.0. The molecule has 1 N–H and O–H groups in total. The van der Waals surface area contributed by atoms with Gasteiger partial charge in [0.25, 0.3) is 5.91 Å². The van der Waals surface area contributed by atoms with Crippen LogP contribution in [-0.2, 0) is 6.42 Å². The molecule has 3 heterocycles. The molecule has 1 aromatic heterocycles. The van der Waals surface area contributed by atoms with Crippen LogP contribution in [0.2, 0.25) is 5.02 Å². The molecule has 1 saturated heterocycles. The van der Waals surface area contributed by atoms with Gasteiger partial charge in [-0.15, -0.1) is 0 Å². The monoisotopic (exact) mass is 380 g/mol. The highest BCUT2D eigenvalue weighted by Crippen LogP contribution is 2.39. The van der Waals surface area contributed by atoms with Gasteiger partial charge in [-0.05, 0) is 42.0 Å². The number of nitrogens with zero attached hydrogens (tertiary/aromatic N) is 1. The quantitative estimate of drug-likeness (QED) is 0.695. The number of benzene rings is 2. The Bertz CT molecular complexity index is 1020. The lowest BCUT2D eigenvalue weighted by Crippen LogP contribution is -2.37. The van der Waals surface area contributed by atoms with Crippen molar-refractivity contribution in [1.29, 1.82) is 0 Å². The van der Waals surface area contributed by atoms with E-state index in [4.69, 9.17) is 16.3 Å². The van der Waals surface area contributed by atoms with Crippen LogP contribution in [0.5, 0.6) is 5.75 Å². The highest BCUT2D eigenvalue weighted by atomic mass is 35.5. The number of ether oxygens (including phenoxy) is 1. The second kappa shape index (κ2) is 6.61. The van der Waals surface area contributed by atoms with Gasteiger partial charge in [0, 0.05) is 41.6 Å². The number of hydrogen-bond acceptors (Lipinski definition) is 2. The predicted molar refractivity (Wildman–Crippen MR) is 107 cm³/mol. The number of likely N-dealkylation sites (tertiary alicyclic amines) is 1. The number of carbonyl (C=O) groups is 1. The predicted octanol–water partition coefficient (Wildman–Crippen LogP) is 4.78. The first-order valence-corrected chi connectivity index (χ1v) is 9.89. The molecule has 5 heteroatoms. The van der Waals surface area contributed by atoms with E-state index in [-0.39, 0.29) is 5.91 Å². The number of rotatable bonds is 2. The number of nitrogens with one attached hydrogen (secondary N) is 1. The Morgan fingerprint density at radius 3 is 2.89 bits per heavy atom. The lowest BCUT2D eigenvalue weighted by Gasteiger charge is -2.32. The third-order valence-electron chi connectivity index (χ3n) is 5.84. The lowest BCUT2D eigenvalue weighted by molar-refractivity contribution is 0.0714. The average Bonchev–Trinajstić information content (AvgIpc) is 3.34. The van der Waals surface area contributed by atoms with E-state index in [1.807, 2.05) is 23.1 Å². The molecule has 5 rings (SSSR count). The molecule has 3 aromatic rings. The summed E-state index contributed by atoms with van der Waals surface area (Å²) in [4.78, 5) is 18.2.